The highest BCUT2D eigenvalue weighted by molar-refractivity contribution is 5.34. The van der Waals surface area contributed by atoms with Crippen LogP contribution in [-0.4, -0.2) is 29.3 Å². The zero-order valence-corrected chi connectivity index (χ0v) is 8.41. The minimum atomic E-state index is -0.628. The van der Waals surface area contributed by atoms with E-state index in [9.17, 15) is 10.1 Å². The Hall–Kier alpha value is -1.50. The van der Waals surface area contributed by atoms with Gasteiger partial charge in [-0.25, -0.2) is 0 Å². The summed E-state index contributed by atoms with van der Waals surface area (Å²) in [5.74, 6) is 0. The van der Waals surface area contributed by atoms with Crippen LogP contribution in [0.4, 0.5) is 5.69 Å². The maximum Gasteiger partial charge on any atom is 0.269 e. The van der Waals surface area contributed by atoms with E-state index in [1.54, 1.807) is 12.1 Å². The third kappa shape index (κ3) is 2.19. The lowest BCUT2D eigenvalue weighted by atomic mass is 10.2. The van der Waals surface area contributed by atoms with E-state index in [0.717, 1.165) is 0 Å². The number of nitro benzene ring substituents is 1. The number of aliphatic hydroxyl groups is 1. The van der Waals surface area contributed by atoms with Crippen molar-refractivity contribution < 1.29 is 19.5 Å². The van der Waals surface area contributed by atoms with Gasteiger partial charge in [0, 0.05) is 17.7 Å². The molecular weight excluding hydrogens is 214 g/mol. The van der Waals surface area contributed by atoms with Crippen LogP contribution in [0.25, 0.3) is 0 Å². The van der Waals surface area contributed by atoms with E-state index in [0.29, 0.717) is 12.2 Å². The molecule has 6 nitrogen and oxygen atoms in total. The quantitative estimate of drug-likeness (QED) is 0.613. The molecule has 0 aliphatic carbocycles. The van der Waals surface area contributed by atoms with Gasteiger partial charge in [-0.15, -0.1) is 0 Å². The van der Waals surface area contributed by atoms with Crippen LogP contribution in [0.15, 0.2) is 24.3 Å². The molecule has 0 saturated carbocycles. The third-order valence-electron chi connectivity index (χ3n) is 2.31. The van der Waals surface area contributed by atoms with Crippen molar-refractivity contribution in [2.75, 3.05) is 13.2 Å². The molecule has 16 heavy (non-hydrogen) atoms. The lowest BCUT2D eigenvalue weighted by Crippen LogP contribution is -2.14. The molecule has 0 spiro atoms. The molecule has 2 atom stereocenters. The zero-order chi connectivity index (χ0) is 11.5. The molecule has 0 amide bonds. The monoisotopic (exact) mass is 225 g/mol. The molecule has 0 aromatic heterocycles. The number of hydrogen-bond donors (Lipinski definition) is 1. The van der Waals surface area contributed by atoms with E-state index >= 15 is 0 Å². The van der Waals surface area contributed by atoms with Gasteiger partial charge in [0.25, 0.3) is 5.69 Å². The number of rotatable bonds is 3. The van der Waals surface area contributed by atoms with Gasteiger partial charge in [0.05, 0.1) is 18.1 Å². The van der Waals surface area contributed by atoms with Gasteiger partial charge in [0.1, 0.15) is 6.10 Å². The van der Waals surface area contributed by atoms with Crippen molar-refractivity contribution in [2.45, 2.75) is 12.4 Å². The summed E-state index contributed by atoms with van der Waals surface area (Å²) < 4.78 is 10.6. The Labute approximate surface area is 91.6 Å². The van der Waals surface area contributed by atoms with E-state index in [1.807, 2.05) is 0 Å². The summed E-state index contributed by atoms with van der Waals surface area (Å²) in [5, 5.41) is 19.4. The molecule has 0 bridgehead atoms. The number of aliphatic hydroxyl groups excluding tert-OH is 1. The molecule has 1 aliphatic heterocycles. The van der Waals surface area contributed by atoms with Crippen LogP contribution in [0.2, 0.25) is 0 Å². The summed E-state index contributed by atoms with van der Waals surface area (Å²) in [6.07, 6.45) is -0.985. The number of benzene rings is 1. The Bertz CT molecular complexity index is 395. The van der Waals surface area contributed by atoms with E-state index in [4.69, 9.17) is 14.6 Å². The van der Waals surface area contributed by atoms with Gasteiger partial charge in [0.2, 0.25) is 0 Å². The predicted octanol–water partition coefficient (Wildman–Crippen LogP) is 1.00. The molecule has 1 aromatic carbocycles. The lowest BCUT2D eigenvalue weighted by molar-refractivity contribution is -0.385. The van der Waals surface area contributed by atoms with Crippen molar-refractivity contribution in [2.24, 2.45) is 0 Å². The number of hydrogen-bond acceptors (Lipinski definition) is 5. The molecule has 1 N–H and O–H groups in total. The largest absolute Gasteiger partial charge is 0.394 e. The average Bonchev–Trinajstić information content (AvgIpc) is 2.77. The number of nitrogens with zero attached hydrogens (tertiary/aromatic N) is 1. The van der Waals surface area contributed by atoms with Gasteiger partial charge in [-0.1, -0.05) is 12.1 Å². The Morgan fingerprint density at radius 1 is 1.56 bits per heavy atom. The lowest BCUT2D eigenvalue weighted by Gasteiger charge is -2.09. The maximum atomic E-state index is 10.6. The van der Waals surface area contributed by atoms with Gasteiger partial charge >= 0.3 is 0 Å². The minimum Gasteiger partial charge on any atom is -0.394 e. The van der Waals surface area contributed by atoms with Gasteiger partial charge in [-0.2, -0.15) is 0 Å². The third-order valence-corrected chi connectivity index (χ3v) is 2.31. The summed E-state index contributed by atoms with van der Waals surface area (Å²) in [4.78, 5) is 10.1. The second-order valence-electron chi connectivity index (χ2n) is 3.46. The van der Waals surface area contributed by atoms with Crippen LogP contribution in [0.1, 0.15) is 11.9 Å². The molecule has 2 unspecified atom stereocenters. The van der Waals surface area contributed by atoms with Crippen molar-refractivity contribution in [3.05, 3.63) is 39.9 Å². The fourth-order valence-electron chi connectivity index (χ4n) is 1.50. The second-order valence-corrected chi connectivity index (χ2v) is 3.46. The van der Waals surface area contributed by atoms with E-state index < -0.39 is 11.2 Å². The van der Waals surface area contributed by atoms with Gasteiger partial charge in [0.15, 0.2) is 6.29 Å². The standard InChI is InChI=1S/C10H11NO5/c12-5-9-6-15-10(16-9)7-2-1-3-8(4-7)11(13)14/h1-4,9-10,12H,5-6H2. The topological polar surface area (TPSA) is 81.8 Å². The molecule has 1 fully saturated rings. The highest BCUT2D eigenvalue weighted by Gasteiger charge is 2.27. The first-order valence-corrected chi connectivity index (χ1v) is 4.83. The summed E-state index contributed by atoms with van der Waals surface area (Å²) in [6.45, 7) is 0.176. The Balaban J connectivity index is 2.15. The Kier molecular flexibility index (Phi) is 3.14. The molecule has 1 heterocycles. The van der Waals surface area contributed by atoms with Crippen molar-refractivity contribution in [3.63, 3.8) is 0 Å². The van der Waals surface area contributed by atoms with Crippen molar-refractivity contribution in [1.82, 2.24) is 0 Å². The van der Waals surface area contributed by atoms with E-state index in [1.165, 1.54) is 12.1 Å². The van der Waals surface area contributed by atoms with Crippen LogP contribution in [0.5, 0.6) is 0 Å². The van der Waals surface area contributed by atoms with Crippen molar-refractivity contribution in [1.29, 1.82) is 0 Å². The fourth-order valence-corrected chi connectivity index (χ4v) is 1.50. The number of nitro groups is 1. The van der Waals surface area contributed by atoms with Crippen LogP contribution >= 0.6 is 0 Å². The number of ether oxygens (including phenoxy) is 2. The van der Waals surface area contributed by atoms with Gasteiger partial charge < -0.3 is 14.6 Å². The molecule has 2 rings (SSSR count). The average molecular weight is 225 g/mol. The van der Waals surface area contributed by atoms with Crippen molar-refractivity contribution >= 4 is 5.69 Å². The summed E-state index contributed by atoms with van der Waals surface area (Å²) in [5.41, 5.74) is 0.585. The summed E-state index contributed by atoms with van der Waals surface area (Å²) in [6, 6.07) is 6.08. The van der Waals surface area contributed by atoms with Crippen LogP contribution in [-0.2, 0) is 9.47 Å². The number of non-ortho nitro benzene ring substituents is 1. The molecule has 1 aromatic rings. The minimum absolute atomic E-state index is 0.00264. The first-order chi connectivity index (χ1) is 7.70. The summed E-state index contributed by atoms with van der Waals surface area (Å²) in [7, 11) is 0. The van der Waals surface area contributed by atoms with Crippen LogP contribution in [0.3, 0.4) is 0 Å². The highest BCUT2D eigenvalue weighted by Crippen LogP contribution is 2.28. The zero-order valence-electron chi connectivity index (χ0n) is 8.41. The van der Waals surface area contributed by atoms with E-state index in [-0.39, 0.29) is 18.4 Å². The van der Waals surface area contributed by atoms with Crippen LogP contribution < -0.4 is 0 Å². The first-order valence-electron chi connectivity index (χ1n) is 4.83. The van der Waals surface area contributed by atoms with Crippen molar-refractivity contribution in [3.8, 4) is 0 Å². The van der Waals surface area contributed by atoms with Gasteiger partial charge in [-0.05, 0) is 0 Å². The molecule has 86 valence electrons. The molecule has 6 heteroatoms. The fraction of sp³-hybridized carbons (Fsp3) is 0.400. The molecule has 0 radical (unpaired) electrons. The molecular formula is C10H11NO5. The maximum absolute atomic E-state index is 10.6. The Morgan fingerprint density at radius 3 is 3.00 bits per heavy atom. The van der Waals surface area contributed by atoms with Gasteiger partial charge in [-0.3, -0.25) is 10.1 Å². The highest BCUT2D eigenvalue weighted by atomic mass is 16.7. The Morgan fingerprint density at radius 2 is 2.38 bits per heavy atom. The summed E-state index contributed by atoms with van der Waals surface area (Å²) >= 11 is 0. The molecule has 1 aliphatic rings. The predicted molar refractivity (Wildman–Crippen MR) is 53.7 cm³/mol. The normalized spacial score (nSPS) is 24.6. The van der Waals surface area contributed by atoms with E-state index in [2.05, 4.69) is 0 Å². The van der Waals surface area contributed by atoms with Crippen LogP contribution in [0, 0.1) is 10.1 Å². The first kappa shape index (κ1) is 11.0. The smallest absolute Gasteiger partial charge is 0.269 e. The SMILES string of the molecule is O=[N+]([O-])c1cccc(C2OCC(CO)O2)c1. The second kappa shape index (κ2) is 4.56. The molecule has 1 saturated heterocycles.